The van der Waals surface area contributed by atoms with Gasteiger partial charge in [-0.25, -0.2) is 0 Å². The third-order valence-corrected chi connectivity index (χ3v) is 5.05. The highest BCUT2D eigenvalue weighted by atomic mass is 16.5. The molecule has 1 fully saturated rings. The number of piperidine rings is 1. The first kappa shape index (κ1) is 18.2. The first-order valence-electron chi connectivity index (χ1n) is 9.09. The maximum atomic E-state index is 12.8. The Morgan fingerprint density at radius 1 is 1.29 bits per heavy atom. The van der Waals surface area contributed by atoms with E-state index in [4.69, 9.17) is 9.47 Å². The van der Waals surface area contributed by atoms with Crippen molar-refractivity contribution in [3.63, 3.8) is 0 Å². The summed E-state index contributed by atoms with van der Waals surface area (Å²) in [5.41, 5.74) is 2.15. The normalized spacial score (nSPS) is 21.3. The van der Waals surface area contributed by atoms with Gasteiger partial charge in [0.1, 0.15) is 30.4 Å². The van der Waals surface area contributed by atoms with Gasteiger partial charge in [0.2, 0.25) is 5.91 Å². The molecule has 1 saturated heterocycles. The van der Waals surface area contributed by atoms with Crippen LogP contribution in [-0.4, -0.2) is 46.2 Å². The Morgan fingerprint density at radius 2 is 2.14 bits per heavy atom. The third-order valence-electron chi connectivity index (χ3n) is 5.05. The van der Waals surface area contributed by atoms with E-state index in [9.17, 15) is 14.7 Å². The molecule has 1 aromatic heterocycles. The summed E-state index contributed by atoms with van der Waals surface area (Å²) < 4.78 is 11.1. The number of benzene rings is 1. The maximum absolute atomic E-state index is 12.8. The highest BCUT2D eigenvalue weighted by Gasteiger charge is 2.40. The molecule has 8 nitrogen and oxygen atoms in total. The average Bonchev–Trinajstić information content (AvgIpc) is 3.04. The second-order valence-electron chi connectivity index (χ2n) is 6.85. The summed E-state index contributed by atoms with van der Waals surface area (Å²) >= 11 is 0. The van der Waals surface area contributed by atoms with Crippen LogP contribution in [0.25, 0.3) is 0 Å². The van der Waals surface area contributed by atoms with Crippen molar-refractivity contribution in [3.05, 3.63) is 53.3 Å². The molecule has 8 heteroatoms. The van der Waals surface area contributed by atoms with Gasteiger partial charge in [-0.3, -0.25) is 14.6 Å². The van der Waals surface area contributed by atoms with Gasteiger partial charge in [-0.05, 0) is 31.0 Å². The van der Waals surface area contributed by atoms with Crippen LogP contribution in [0, 0.1) is 0 Å². The van der Waals surface area contributed by atoms with Crippen LogP contribution in [0.3, 0.4) is 0 Å². The lowest BCUT2D eigenvalue weighted by atomic mass is 10.0. The van der Waals surface area contributed by atoms with Crippen molar-refractivity contribution >= 4 is 11.8 Å². The van der Waals surface area contributed by atoms with Gasteiger partial charge in [0, 0.05) is 22.9 Å². The van der Waals surface area contributed by atoms with Crippen molar-refractivity contribution in [2.24, 2.45) is 0 Å². The monoisotopic (exact) mass is 383 g/mol. The van der Waals surface area contributed by atoms with Crippen LogP contribution in [0.5, 0.6) is 11.5 Å². The van der Waals surface area contributed by atoms with Gasteiger partial charge in [0.05, 0.1) is 19.9 Å². The van der Waals surface area contributed by atoms with Gasteiger partial charge in [0.25, 0.3) is 5.91 Å². The van der Waals surface area contributed by atoms with Crippen LogP contribution in [0.2, 0.25) is 0 Å². The Balaban J connectivity index is 1.52. The van der Waals surface area contributed by atoms with Crippen molar-refractivity contribution < 1.29 is 24.2 Å². The summed E-state index contributed by atoms with van der Waals surface area (Å²) in [5, 5.41) is 12.1. The van der Waals surface area contributed by atoms with Crippen molar-refractivity contribution in [1.82, 2.24) is 15.2 Å². The number of carbonyl (C=O) groups is 2. The lowest BCUT2D eigenvalue weighted by molar-refractivity contribution is -0.132. The fraction of sp³-hybridized carbons (Fsp3) is 0.350. The number of nitrogens with zero attached hydrogens (tertiary/aromatic N) is 2. The number of aromatic nitrogens is 1. The fourth-order valence-electron chi connectivity index (χ4n) is 3.61. The van der Waals surface area contributed by atoms with Crippen LogP contribution in [0.15, 0.2) is 36.7 Å². The second kappa shape index (κ2) is 7.47. The predicted octanol–water partition coefficient (Wildman–Crippen LogP) is 1.22. The molecule has 4 rings (SSSR count). The first-order valence-corrected chi connectivity index (χ1v) is 9.09. The minimum Gasteiger partial charge on any atom is -0.495 e. The molecule has 2 aliphatic rings. The fourth-order valence-corrected chi connectivity index (χ4v) is 3.61. The molecule has 0 aliphatic carbocycles. The molecular weight excluding hydrogens is 362 g/mol. The minimum absolute atomic E-state index is 0.194. The maximum Gasteiger partial charge on any atom is 0.255 e. The van der Waals surface area contributed by atoms with Crippen molar-refractivity contribution in [2.75, 3.05) is 7.11 Å². The Morgan fingerprint density at radius 3 is 2.93 bits per heavy atom. The van der Waals surface area contributed by atoms with E-state index in [0.29, 0.717) is 36.4 Å². The largest absolute Gasteiger partial charge is 0.495 e. The van der Waals surface area contributed by atoms with E-state index in [1.165, 1.54) is 0 Å². The Bertz CT molecular complexity index is 916. The molecule has 3 heterocycles. The zero-order valence-corrected chi connectivity index (χ0v) is 15.4. The summed E-state index contributed by atoms with van der Waals surface area (Å²) in [6.07, 6.45) is 3.31. The number of pyridine rings is 1. The molecule has 2 atom stereocenters. The molecule has 2 aromatic rings. The molecule has 0 saturated carbocycles. The van der Waals surface area contributed by atoms with Crippen molar-refractivity contribution in [2.45, 2.75) is 38.3 Å². The number of ether oxygens (including phenoxy) is 2. The first-order chi connectivity index (χ1) is 13.6. The highest BCUT2D eigenvalue weighted by molar-refractivity contribution is 6.01. The number of fused-ring (bicyclic) bond motifs is 1. The summed E-state index contributed by atoms with van der Waals surface area (Å²) in [5.74, 6) is 0.725. The molecule has 2 aliphatic heterocycles. The van der Waals surface area contributed by atoms with E-state index in [-0.39, 0.29) is 18.4 Å². The molecular formula is C20H21N3O5. The molecule has 0 spiro atoms. The van der Waals surface area contributed by atoms with E-state index in [2.05, 4.69) is 10.3 Å². The molecule has 28 heavy (non-hydrogen) atoms. The van der Waals surface area contributed by atoms with Crippen molar-refractivity contribution in [3.8, 4) is 11.5 Å². The zero-order chi connectivity index (χ0) is 19.7. The third kappa shape index (κ3) is 3.38. The number of carbonyl (C=O) groups excluding carboxylic acids is 2. The van der Waals surface area contributed by atoms with Gasteiger partial charge < -0.3 is 24.8 Å². The number of aliphatic hydroxyl groups is 1. The topological polar surface area (TPSA) is 101 Å². The predicted molar refractivity (Wildman–Crippen MR) is 98.6 cm³/mol. The minimum atomic E-state index is -0.848. The Labute approximate surface area is 162 Å². The van der Waals surface area contributed by atoms with Crippen molar-refractivity contribution in [1.29, 1.82) is 0 Å². The number of nitrogens with one attached hydrogen (secondary N) is 1. The number of hydrogen-bond donors (Lipinski definition) is 2. The molecule has 1 aromatic carbocycles. The van der Waals surface area contributed by atoms with Gasteiger partial charge in [-0.1, -0.05) is 6.07 Å². The summed E-state index contributed by atoms with van der Waals surface area (Å²) in [6, 6.07) is 6.58. The smallest absolute Gasteiger partial charge is 0.255 e. The lowest BCUT2D eigenvalue weighted by Gasteiger charge is -2.32. The second-order valence-corrected chi connectivity index (χ2v) is 6.85. The Kier molecular flexibility index (Phi) is 4.87. The van der Waals surface area contributed by atoms with Gasteiger partial charge in [0.15, 0.2) is 0 Å². The number of amides is 2. The van der Waals surface area contributed by atoms with Crippen LogP contribution in [0.1, 0.15) is 34.3 Å². The standard InChI is InChI=1S/C20H21N3O5/c1-27-13-7-12(8-21-9-13)11-28-17-4-2-3-14-15(17)10-23(20(14)26)16-5-6-18(24)22-19(16)25/h2-4,7-9,16,18,24H,5-6,10-11H2,1H3,(H,22,25). The molecule has 146 valence electrons. The zero-order valence-electron chi connectivity index (χ0n) is 15.4. The number of hydrogen-bond acceptors (Lipinski definition) is 6. The van der Waals surface area contributed by atoms with E-state index < -0.39 is 12.3 Å². The van der Waals surface area contributed by atoms with E-state index in [1.807, 2.05) is 12.1 Å². The molecule has 0 radical (unpaired) electrons. The number of methoxy groups -OCH3 is 1. The lowest BCUT2D eigenvalue weighted by Crippen LogP contribution is -2.54. The van der Waals surface area contributed by atoms with Crippen LogP contribution in [0.4, 0.5) is 0 Å². The van der Waals surface area contributed by atoms with Gasteiger partial charge in [-0.15, -0.1) is 0 Å². The Hall–Kier alpha value is -3.13. The SMILES string of the molecule is COc1cncc(COc2cccc3c2CN(C2CCC(O)NC2=O)C3=O)c1. The van der Waals surface area contributed by atoms with Crippen LogP contribution < -0.4 is 14.8 Å². The van der Waals surface area contributed by atoms with Crippen LogP contribution >= 0.6 is 0 Å². The molecule has 2 N–H and O–H groups in total. The molecule has 0 bridgehead atoms. The van der Waals surface area contributed by atoms with E-state index >= 15 is 0 Å². The van der Waals surface area contributed by atoms with Gasteiger partial charge in [-0.2, -0.15) is 0 Å². The van der Waals surface area contributed by atoms with Crippen LogP contribution in [-0.2, 0) is 17.9 Å². The van der Waals surface area contributed by atoms with E-state index in [1.54, 1.807) is 36.5 Å². The summed E-state index contributed by atoms with van der Waals surface area (Å²) in [7, 11) is 1.58. The number of rotatable bonds is 5. The number of aliphatic hydroxyl groups excluding tert-OH is 1. The van der Waals surface area contributed by atoms with Gasteiger partial charge >= 0.3 is 0 Å². The summed E-state index contributed by atoms with van der Waals surface area (Å²) in [4.78, 5) is 30.7. The quantitative estimate of drug-likeness (QED) is 0.805. The van der Waals surface area contributed by atoms with E-state index in [0.717, 1.165) is 11.1 Å². The molecule has 2 amide bonds. The summed E-state index contributed by atoms with van der Waals surface area (Å²) in [6.45, 7) is 0.583. The molecule has 2 unspecified atom stereocenters. The highest BCUT2D eigenvalue weighted by Crippen LogP contribution is 2.34. The average molecular weight is 383 g/mol.